The minimum Gasteiger partial charge on any atom is -0.497 e. The molecule has 0 bridgehead atoms. The van der Waals surface area contributed by atoms with Gasteiger partial charge in [0, 0.05) is 6.07 Å². The number of rotatable bonds is 2. The van der Waals surface area contributed by atoms with Gasteiger partial charge in [0.15, 0.2) is 0 Å². The lowest BCUT2D eigenvalue weighted by Crippen LogP contribution is -2.01. The van der Waals surface area contributed by atoms with Crippen LogP contribution in [0.1, 0.15) is 5.69 Å². The highest BCUT2D eigenvalue weighted by Crippen LogP contribution is 2.17. The van der Waals surface area contributed by atoms with Crippen molar-refractivity contribution in [3.63, 3.8) is 0 Å². The van der Waals surface area contributed by atoms with Crippen molar-refractivity contribution >= 4 is 18.2 Å². The molecular formula is C11H14ClN3O. The number of benzene rings is 1. The van der Waals surface area contributed by atoms with E-state index in [1.807, 2.05) is 37.3 Å². The Labute approximate surface area is 100 Å². The van der Waals surface area contributed by atoms with E-state index in [0.29, 0.717) is 5.82 Å². The van der Waals surface area contributed by atoms with E-state index in [0.717, 1.165) is 17.1 Å². The molecule has 2 rings (SSSR count). The van der Waals surface area contributed by atoms with Crippen LogP contribution in [0.15, 0.2) is 30.3 Å². The minimum absolute atomic E-state index is 0. The fraction of sp³-hybridized carbons (Fsp3) is 0.182. The first-order chi connectivity index (χ1) is 7.20. The van der Waals surface area contributed by atoms with Crippen molar-refractivity contribution in [2.75, 3.05) is 12.8 Å². The normalized spacial score (nSPS) is 9.62. The maximum atomic E-state index is 5.81. The molecule has 16 heavy (non-hydrogen) atoms. The van der Waals surface area contributed by atoms with Crippen molar-refractivity contribution < 1.29 is 4.74 Å². The first kappa shape index (κ1) is 12.4. The summed E-state index contributed by atoms with van der Waals surface area (Å²) >= 11 is 0. The molecule has 5 heteroatoms. The highest BCUT2D eigenvalue weighted by molar-refractivity contribution is 5.85. The summed E-state index contributed by atoms with van der Waals surface area (Å²) < 4.78 is 6.78. The Bertz CT molecular complexity index is 465. The number of methoxy groups -OCH3 is 1. The molecule has 0 spiro atoms. The molecule has 1 aromatic carbocycles. The number of nitrogen functional groups attached to an aromatic ring is 1. The number of aryl methyl sites for hydroxylation is 1. The lowest BCUT2D eigenvalue weighted by atomic mass is 10.3. The van der Waals surface area contributed by atoms with Crippen LogP contribution in [0.3, 0.4) is 0 Å². The number of anilines is 1. The van der Waals surface area contributed by atoms with Gasteiger partial charge in [-0.25, -0.2) is 4.68 Å². The lowest BCUT2D eigenvalue weighted by molar-refractivity contribution is 0.414. The van der Waals surface area contributed by atoms with Crippen LogP contribution in [0.25, 0.3) is 5.69 Å². The second kappa shape index (κ2) is 4.90. The molecule has 0 unspecified atom stereocenters. The van der Waals surface area contributed by atoms with Gasteiger partial charge in [0.05, 0.1) is 18.5 Å². The van der Waals surface area contributed by atoms with E-state index in [9.17, 15) is 0 Å². The number of nitrogens with zero attached hydrogens (tertiary/aromatic N) is 2. The van der Waals surface area contributed by atoms with Gasteiger partial charge in [-0.2, -0.15) is 5.10 Å². The van der Waals surface area contributed by atoms with Crippen LogP contribution in [-0.4, -0.2) is 16.9 Å². The molecule has 0 amide bonds. The van der Waals surface area contributed by atoms with Gasteiger partial charge in [0.1, 0.15) is 11.6 Å². The first-order valence-electron chi connectivity index (χ1n) is 4.67. The molecule has 86 valence electrons. The summed E-state index contributed by atoms with van der Waals surface area (Å²) in [5.74, 6) is 1.46. The average Bonchev–Trinajstić information content (AvgIpc) is 2.58. The maximum absolute atomic E-state index is 5.81. The number of ether oxygens (including phenoxy) is 1. The van der Waals surface area contributed by atoms with Gasteiger partial charge in [-0.1, -0.05) is 0 Å². The number of nitrogens with two attached hydrogens (primary N) is 1. The van der Waals surface area contributed by atoms with Crippen molar-refractivity contribution in [3.05, 3.63) is 36.0 Å². The van der Waals surface area contributed by atoms with Crippen molar-refractivity contribution in [2.45, 2.75) is 6.92 Å². The van der Waals surface area contributed by atoms with E-state index in [-0.39, 0.29) is 12.4 Å². The Morgan fingerprint density at radius 1 is 1.25 bits per heavy atom. The van der Waals surface area contributed by atoms with Crippen LogP contribution in [0.5, 0.6) is 5.75 Å². The van der Waals surface area contributed by atoms with Crippen molar-refractivity contribution in [3.8, 4) is 11.4 Å². The van der Waals surface area contributed by atoms with Crippen molar-refractivity contribution in [2.24, 2.45) is 0 Å². The fourth-order valence-electron chi connectivity index (χ4n) is 1.45. The lowest BCUT2D eigenvalue weighted by Gasteiger charge is -2.04. The van der Waals surface area contributed by atoms with Crippen molar-refractivity contribution in [1.29, 1.82) is 0 Å². The molecule has 1 aromatic heterocycles. The molecular weight excluding hydrogens is 226 g/mol. The van der Waals surface area contributed by atoms with Gasteiger partial charge < -0.3 is 10.5 Å². The zero-order valence-corrected chi connectivity index (χ0v) is 9.99. The van der Waals surface area contributed by atoms with Crippen molar-refractivity contribution in [1.82, 2.24) is 9.78 Å². The predicted octanol–water partition coefficient (Wildman–Crippen LogP) is 2.19. The molecule has 2 N–H and O–H groups in total. The molecule has 2 aromatic rings. The monoisotopic (exact) mass is 239 g/mol. The van der Waals surface area contributed by atoms with Gasteiger partial charge >= 0.3 is 0 Å². The summed E-state index contributed by atoms with van der Waals surface area (Å²) in [6, 6.07) is 9.44. The van der Waals surface area contributed by atoms with E-state index in [1.165, 1.54) is 0 Å². The van der Waals surface area contributed by atoms with E-state index in [1.54, 1.807) is 11.8 Å². The molecule has 0 aliphatic carbocycles. The van der Waals surface area contributed by atoms with Crippen LogP contribution in [0, 0.1) is 6.92 Å². The Kier molecular flexibility index (Phi) is 3.79. The van der Waals surface area contributed by atoms with E-state index >= 15 is 0 Å². The number of halogens is 1. The van der Waals surface area contributed by atoms with Crippen LogP contribution in [0.2, 0.25) is 0 Å². The summed E-state index contributed by atoms with van der Waals surface area (Å²) in [5.41, 5.74) is 7.65. The van der Waals surface area contributed by atoms with Crippen LogP contribution >= 0.6 is 12.4 Å². The Balaban J connectivity index is 0.00000128. The molecule has 4 nitrogen and oxygen atoms in total. The molecule has 0 saturated heterocycles. The molecule has 0 atom stereocenters. The summed E-state index contributed by atoms with van der Waals surface area (Å²) in [6.07, 6.45) is 0. The average molecular weight is 240 g/mol. The predicted molar refractivity (Wildman–Crippen MR) is 66.5 cm³/mol. The zero-order valence-electron chi connectivity index (χ0n) is 9.18. The van der Waals surface area contributed by atoms with Crippen LogP contribution in [0.4, 0.5) is 5.82 Å². The van der Waals surface area contributed by atoms with Gasteiger partial charge in [0.25, 0.3) is 0 Å². The third kappa shape index (κ3) is 2.28. The van der Waals surface area contributed by atoms with Gasteiger partial charge in [-0.05, 0) is 31.2 Å². The smallest absolute Gasteiger partial charge is 0.127 e. The molecule has 0 aliphatic heterocycles. The molecule has 0 aliphatic rings. The number of hydrogen-bond donors (Lipinski definition) is 1. The van der Waals surface area contributed by atoms with E-state index in [4.69, 9.17) is 10.5 Å². The second-order valence-corrected chi connectivity index (χ2v) is 3.32. The zero-order chi connectivity index (χ0) is 10.8. The second-order valence-electron chi connectivity index (χ2n) is 3.32. The Morgan fingerprint density at radius 3 is 2.31 bits per heavy atom. The van der Waals surface area contributed by atoms with E-state index in [2.05, 4.69) is 5.10 Å². The third-order valence-corrected chi connectivity index (χ3v) is 2.18. The molecule has 0 radical (unpaired) electrons. The topological polar surface area (TPSA) is 53.1 Å². The van der Waals surface area contributed by atoms with Gasteiger partial charge in [-0.15, -0.1) is 12.4 Å². The molecule has 0 saturated carbocycles. The quantitative estimate of drug-likeness (QED) is 0.874. The van der Waals surface area contributed by atoms with Crippen LogP contribution < -0.4 is 10.5 Å². The SMILES string of the molecule is COc1ccc(-n2nc(C)cc2N)cc1.Cl. The summed E-state index contributed by atoms with van der Waals surface area (Å²) in [4.78, 5) is 0. The maximum Gasteiger partial charge on any atom is 0.127 e. The number of hydrogen-bond acceptors (Lipinski definition) is 3. The first-order valence-corrected chi connectivity index (χ1v) is 4.67. The largest absolute Gasteiger partial charge is 0.497 e. The molecule has 0 fully saturated rings. The summed E-state index contributed by atoms with van der Waals surface area (Å²) in [6.45, 7) is 1.91. The highest BCUT2D eigenvalue weighted by atomic mass is 35.5. The number of aromatic nitrogens is 2. The standard InChI is InChI=1S/C11H13N3O.ClH/c1-8-7-11(12)14(13-8)9-3-5-10(15-2)6-4-9;/h3-7H,12H2,1-2H3;1H. The fourth-order valence-corrected chi connectivity index (χ4v) is 1.45. The van der Waals surface area contributed by atoms with E-state index < -0.39 is 0 Å². The Hall–Kier alpha value is -1.68. The van der Waals surface area contributed by atoms with Gasteiger partial charge in [-0.3, -0.25) is 0 Å². The van der Waals surface area contributed by atoms with Gasteiger partial charge in [0.2, 0.25) is 0 Å². The minimum atomic E-state index is 0. The Morgan fingerprint density at radius 2 is 1.88 bits per heavy atom. The molecule has 1 heterocycles. The summed E-state index contributed by atoms with van der Waals surface area (Å²) in [7, 11) is 1.64. The van der Waals surface area contributed by atoms with Crippen LogP contribution in [-0.2, 0) is 0 Å². The third-order valence-electron chi connectivity index (χ3n) is 2.18. The highest BCUT2D eigenvalue weighted by Gasteiger charge is 2.03. The summed E-state index contributed by atoms with van der Waals surface area (Å²) in [5, 5.41) is 4.29.